The molecule has 5 nitrogen and oxygen atoms in total. The smallest absolute Gasteiger partial charge is 0.322 e. The molecule has 0 spiro atoms. The van der Waals surface area contributed by atoms with E-state index in [0.29, 0.717) is 13.1 Å². The number of carbonyl (C=O) groups excluding carboxylic acids is 1. The molecule has 1 amide bonds. The van der Waals surface area contributed by atoms with Crippen molar-refractivity contribution >= 4 is 12.4 Å². The van der Waals surface area contributed by atoms with Crippen LogP contribution in [0.1, 0.15) is 0 Å². The SMILES string of the molecule is O=CN1CNC(C(=O)O)C1. The van der Waals surface area contributed by atoms with Crippen molar-refractivity contribution in [1.29, 1.82) is 0 Å². The minimum absolute atomic E-state index is 0.263. The molecule has 1 heterocycles. The number of rotatable bonds is 2. The molecular formula is C5H8N2O3. The summed E-state index contributed by atoms with van der Waals surface area (Å²) >= 11 is 0. The molecule has 1 aliphatic rings. The van der Waals surface area contributed by atoms with Gasteiger partial charge in [-0.25, -0.2) is 0 Å². The first-order chi connectivity index (χ1) is 4.74. The van der Waals surface area contributed by atoms with Gasteiger partial charge in [-0.3, -0.25) is 14.9 Å². The molecule has 1 saturated heterocycles. The number of carboxylic acids is 1. The van der Waals surface area contributed by atoms with E-state index in [-0.39, 0.29) is 6.54 Å². The first-order valence-corrected chi connectivity index (χ1v) is 2.89. The summed E-state index contributed by atoms with van der Waals surface area (Å²) < 4.78 is 0. The van der Waals surface area contributed by atoms with Gasteiger partial charge in [-0.15, -0.1) is 0 Å². The molecular weight excluding hydrogens is 136 g/mol. The van der Waals surface area contributed by atoms with Crippen molar-refractivity contribution in [2.24, 2.45) is 0 Å². The molecule has 0 bridgehead atoms. The maximum Gasteiger partial charge on any atom is 0.322 e. The Morgan fingerprint density at radius 2 is 2.50 bits per heavy atom. The van der Waals surface area contributed by atoms with Gasteiger partial charge in [0.1, 0.15) is 6.04 Å². The van der Waals surface area contributed by atoms with Gasteiger partial charge in [0.15, 0.2) is 0 Å². The first kappa shape index (κ1) is 7.01. The number of aliphatic carboxylic acids is 1. The Bertz CT molecular complexity index is 159. The lowest BCUT2D eigenvalue weighted by Crippen LogP contribution is -2.32. The Kier molecular flexibility index (Phi) is 1.86. The molecule has 1 atom stereocenters. The summed E-state index contributed by atoms with van der Waals surface area (Å²) in [5.74, 6) is -0.913. The van der Waals surface area contributed by atoms with Gasteiger partial charge in [-0.05, 0) is 0 Å². The van der Waals surface area contributed by atoms with Crippen LogP contribution in [0, 0.1) is 0 Å². The third-order valence-corrected chi connectivity index (χ3v) is 1.41. The summed E-state index contributed by atoms with van der Waals surface area (Å²) in [7, 11) is 0. The van der Waals surface area contributed by atoms with E-state index < -0.39 is 12.0 Å². The highest BCUT2D eigenvalue weighted by atomic mass is 16.4. The van der Waals surface area contributed by atoms with Gasteiger partial charge in [-0.2, -0.15) is 0 Å². The van der Waals surface area contributed by atoms with Gasteiger partial charge in [0.05, 0.1) is 6.67 Å². The van der Waals surface area contributed by atoms with E-state index in [0.717, 1.165) is 0 Å². The van der Waals surface area contributed by atoms with Gasteiger partial charge in [0.25, 0.3) is 0 Å². The van der Waals surface area contributed by atoms with E-state index >= 15 is 0 Å². The Balaban J connectivity index is 2.42. The van der Waals surface area contributed by atoms with Crippen molar-refractivity contribution in [3.63, 3.8) is 0 Å². The van der Waals surface area contributed by atoms with Crippen LogP contribution in [-0.4, -0.2) is 41.6 Å². The van der Waals surface area contributed by atoms with E-state index in [1.807, 2.05) is 0 Å². The molecule has 0 aromatic rings. The zero-order valence-electron chi connectivity index (χ0n) is 5.28. The fourth-order valence-corrected chi connectivity index (χ4v) is 0.837. The molecule has 5 heteroatoms. The monoisotopic (exact) mass is 144 g/mol. The van der Waals surface area contributed by atoms with Crippen molar-refractivity contribution < 1.29 is 14.7 Å². The zero-order chi connectivity index (χ0) is 7.56. The normalized spacial score (nSPS) is 24.8. The topological polar surface area (TPSA) is 69.6 Å². The fraction of sp³-hybridized carbons (Fsp3) is 0.600. The van der Waals surface area contributed by atoms with Crippen molar-refractivity contribution in [3.8, 4) is 0 Å². The third-order valence-electron chi connectivity index (χ3n) is 1.41. The molecule has 0 aliphatic carbocycles. The average molecular weight is 144 g/mol. The molecule has 2 N–H and O–H groups in total. The van der Waals surface area contributed by atoms with Gasteiger partial charge in [0, 0.05) is 6.54 Å². The maximum atomic E-state index is 10.3. The number of carboxylic acid groups (broad SMARTS) is 1. The molecule has 1 unspecified atom stereocenters. The molecule has 10 heavy (non-hydrogen) atoms. The zero-order valence-corrected chi connectivity index (χ0v) is 5.28. The molecule has 1 aliphatic heterocycles. The summed E-state index contributed by atoms with van der Waals surface area (Å²) in [6.07, 6.45) is 0.635. The molecule has 56 valence electrons. The lowest BCUT2D eigenvalue weighted by Gasteiger charge is -2.03. The fourth-order valence-electron chi connectivity index (χ4n) is 0.837. The second-order valence-corrected chi connectivity index (χ2v) is 2.13. The summed E-state index contributed by atoms with van der Waals surface area (Å²) in [5, 5.41) is 11.1. The van der Waals surface area contributed by atoms with Crippen LogP contribution < -0.4 is 5.32 Å². The van der Waals surface area contributed by atoms with Crippen LogP contribution in [0.4, 0.5) is 0 Å². The Labute approximate surface area is 57.6 Å². The van der Waals surface area contributed by atoms with Crippen molar-refractivity contribution in [2.45, 2.75) is 6.04 Å². The summed E-state index contributed by atoms with van der Waals surface area (Å²) in [4.78, 5) is 21.7. The predicted molar refractivity (Wildman–Crippen MR) is 32.2 cm³/mol. The van der Waals surface area contributed by atoms with E-state index in [9.17, 15) is 9.59 Å². The third kappa shape index (κ3) is 1.24. The van der Waals surface area contributed by atoms with Crippen LogP contribution in [0.3, 0.4) is 0 Å². The standard InChI is InChI=1S/C5H8N2O3/c8-3-7-1-4(5(9)10)6-2-7/h3-4,6H,1-2H2,(H,9,10). The Morgan fingerprint density at radius 1 is 1.80 bits per heavy atom. The van der Waals surface area contributed by atoms with E-state index in [1.54, 1.807) is 0 Å². The maximum absolute atomic E-state index is 10.3. The van der Waals surface area contributed by atoms with E-state index in [2.05, 4.69) is 5.32 Å². The average Bonchev–Trinajstić information content (AvgIpc) is 2.34. The number of nitrogens with one attached hydrogen (secondary N) is 1. The summed E-state index contributed by atoms with van der Waals surface area (Å²) in [5.41, 5.74) is 0. The van der Waals surface area contributed by atoms with E-state index in [4.69, 9.17) is 5.11 Å². The predicted octanol–water partition coefficient (Wildman–Crippen LogP) is -1.54. The highest BCUT2D eigenvalue weighted by Gasteiger charge is 2.25. The van der Waals surface area contributed by atoms with Crippen LogP contribution in [0.2, 0.25) is 0 Å². The number of carbonyl (C=O) groups is 2. The molecule has 1 fully saturated rings. The lowest BCUT2D eigenvalue weighted by molar-refractivity contribution is -0.138. The second-order valence-electron chi connectivity index (χ2n) is 2.13. The molecule has 0 radical (unpaired) electrons. The van der Waals surface area contributed by atoms with Crippen LogP contribution in [0.15, 0.2) is 0 Å². The largest absolute Gasteiger partial charge is 0.480 e. The van der Waals surface area contributed by atoms with Crippen LogP contribution in [0.25, 0.3) is 0 Å². The van der Waals surface area contributed by atoms with Crippen molar-refractivity contribution in [1.82, 2.24) is 10.2 Å². The first-order valence-electron chi connectivity index (χ1n) is 2.89. The second kappa shape index (κ2) is 2.66. The van der Waals surface area contributed by atoms with Crippen molar-refractivity contribution in [2.75, 3.05) is 13.2 Å². The lowest BCUT2D eigenvalue weighted by atomic mass is 10.3. The Hall–Kier alpha value is -1.10. The van der Waals surface area contributed by atoms with E-state index in [1.165, 1.54) is 4.90 Å². The minimum Gasteiger partial charge on any atom is -0.480 e. The molecule has 1 rings (SSSR count). The minimum atomic E-state index is -0.913. The Morgan fingerprint density at radius 3 is 2.80 bits per heavy atom. The summed E-state index contributed by atoms with van der Waals surface area (Å²) in [6, 6.07) is -0.592. The van der Waals surface area contributed by atoms with Gasteiger partial charge in [0.2, 0.25) is 6.41 Å². The number of hydrogen-bond acceptors (Lipinski definition) is 3. The van der Waals surface area contributed by atoms with Gasteiger partial charge in [-0.1, -0.05) is 0 Å². The van der Waals surface area contributed by atoms with Crippen LogP contribution in [0.5, 0.6) is 0 Å². The molecule has 0 aromatic heterocycles. The number of amides is 1. The molecule has 0 saturated carbocycles. The number of nitrogens with zero attached hydrogens (tertiary/aromatic N) is 1. The van der Waals surface area contributed by atoms with Gasteiger partial charge < -0.3 is 10.0 Å². The van der Waals surface area contributed by atoms with Crippen molar-refractivity contribution in [3.05, 3.63) is 0 Å². The van der Waals surface area contributed by atoms with Gasteiger partial charge >= 0.3 is 5.97 Å². The molecule has 0 aromatic carbocycles. The van der Waals surface area contributed by atoms with Crippen LogP contribution >= 0.6 is 0 Å². The summed E-state index contributed by atoms with van der Waals surface area (Å²) in [6.45, 7) is 0.597. The van der Waals surface area contributed by atoms with Crippen LogP contribution in [-0.2, 0) is 9.59 Å². The quantitative estimate of drug-likeness (QED) is 0.461. The highest BCUT2D eigenvalue weighted by Crippen LogP contribution is 1.96. The number of hydrogen-bond donors (Lipinski definition) is 2. The highest BCUT2D eigenvalue weighted by molar-refractivity contribution is 5.74.